The second kappa shape index (κ2) is 4.83. The fraction of sp³-hybridized carbons (Fsp3) is 0.400. The maximum Gasteiger partial charge on any atom is 1.00 e. The van der Waals surface area contributed by atoms with Crippen LogP contribution in [0.4, 0.5) is 18.6 Å². The number of aromatic nitrogens is 2. The van der Waals surface area contributed by atoms with Gasteiger partial charge in [0.1, 0.15) is 0 Å². The number of halogens is 3. The van der Waals surface area contributed by atoms with Crippen LogP contribution in [-0.2, 0) is 6.54 Å². The van der Waals surface area contributed by atoms with Gasteiger partial charge in [0, 0.05) is 17.8 Å². The van der Waals surface area contributed by atoms with Crippen molar-refractivity contribution in [2.24, 2.45) is 0 Å². The summed E-state index contributed by atoms with van der Waals surface area (Å²) in [6.07, 6.45) is 1.02. The van der Waals surface area contributed by atoms with Gasteiger partial charge in [-0.25, -0.2) is 0 Å². The molecule has 13 heavy (non-hydrogen) atoms. The predicted octanol–water partition coefficient (Wildman–Crippen LogP) is -2.46. The van der Waals surface area contributed by atoms with E-state index in [1.54, 1.807) is 6.92 Å². The van der Waals surface area contributed by atoms with Crippen LogP contribution >= 0.6 is 0 Å². The van der Waals surface area contributed by atoms with Crippen molar-refractivity contribution in [3.8, 4) is 0 Å². The van der Waals surface area contributed by atoms with E-state index in [0.717, 1.165) is 10.9 Å². The summed E-state index contributed by atoms with van der Waals surface area (Å²) in [5, 5.41) is 3.49. The molecule has 0 atom stereocenters. The molecule has 0 radical (unpaired) electrons. The minimum atomic E-state index is -5.05. The van der Waals surface area contributed by atoms with Crippen LogP contribution in [-0.4, -0.2) is 16.8 Å². The van der Waals surface area contributed by atoms with E-state index in [2.05, 4.69) is 5.10 Å². The molecule has 0 aromatic carbocycles. The monoisotopic (exact) mass is 217 g/mol. The molecular formula is C5H8BF3KN3. The summed E-state index contributed by atoms with van der Waals surface area (Å²) in [5.41, 5.74) is 4.01. The molecule has 2 N–H and O–H groups in total. The number of hydrogen-bond donors (Lipinski definition) is 1. The summed E-state index contributed by atoms with van der Waals surface area (Å²) < 4.78 is 37.6. The number of aryl methyl sites for hydroxylation is 1. The second-order valence-corrected chi connectivity index (χ2v) is 2.38. The molecule has 1 rings (SSSR count). The van der Waals surface area contributed by atoms with Crippen molar-refractivity contribution in [2.75, 3.05) is 5.73 Å². The first-order chi connectivity index (χ1) is 5.46. The van der Waals surface area contributed by atoms with Gasteiger partial charge in [0.05, 0.1) is 6.20 Å². The number of hydrogen-bond acceptors (Lipinski definition) is 2. The minimum absolute atomic E-state index is 0. The van der Waals surface area contributed by atoms with Gasteiger partial charge in [-0.05, 0) is 6.92 Å². The number of nitrogens with zero attached hydrogens (tertiary/aromatic N) is 2. The van der Waals surface area contributed by atoms with Crippen LogP contribution in [0.15, 0.2) is 6.20 Å². The molecular weight excluding hydrogens is 209 g/mol. The molecule has 0 saturated heterocycles. The van der Waals surface area contributed by atoms with Crippen LogP contribution in [0.3, 0.4) is 0 Å². The fourth-order valence-electron chi connectivity index (χ4n) is 1.02. The van der Waals surface area contributed by atoms with E-state index >= 15 is 0 Å². The molecule has 0 aliphatic carbocycles. The standard InChI is InChI=1S/C5H8BF3N3.K/c1-2-12-5(6(7,8)9)4(10)3-11-12;/h3H,2,10H2,1H3;/q-1;+1. The number of nitrogens with two attached hydrogens (primary N) is 1. The maximum atomic E-state index is 12.3. The van der Waals surface area contributed by atoms with E-state index in [1.807, 2.05) is 0 Å². The van der Waals surface area contributed by atoms with Crippen LogP contribution < -0.4 is 62.7 Å². The Kier molecular flexibility index (Phi) is 5.02. The van der Waals surface area contributed by atoms with E-state index in [1.165, 1.54) is 0 Å². The molecule has 68 valence electrons. The molecule has 0 amide bonds. The molecule has 3 nitrogen and oxygen atoms in total. The molecule has 0 aliphatic heterocycles. The van der Waals surface area contributed by atoms with Crippen molar-refractivity contribution in [1.29, 1.82) is 0 Å². The average Bonchev–Trinajstić information content (AvgIpc) is 2.29. The molecule has 8 heteroatoms. The van der Waals surface area contributed by atoms with E-state index < -0.39 is 12.6 Å². The Balaban J connectivity index is 0.00000144. The van der Waals surface area contributed by atoms with Crippen molar-refractivity contribution >= 4 is 18.3 Å². The number of nitrogen functional groups attached to an aromatic ring is 1. The van der Waals surface area contributed by atoms with Gasteiger partial charge in [0.2, 0.25) is 0 Å². The summed E-state index contributed by atoms with van der Waals surface area (Å²) in [4.78, 5) is 0. The van der Waals surface area contributed by atoms with Crippen LogP contribution in [0.2, 0.25) is 0 Å². The van der Waals surface area contributed by atoms with E-state index in [0.29, 0.717) is 0 Å². The van der Waals surface area contributed by atoms with Crippen molar-refractivity contribution in [2.45, 2.75) is 13.5 Å². The molecule has 0 fully saturated rings. The summed E-state index contributed by atoms with van der Waals surface area (Å²) in [7, 11) is 0. The fourth-order valence-corrected chi connectivity index (χ4v) is 1.02. The maximum absolute atomic E-state index is 12.3. The third-order valence-electron chi connectivity index (χ3n) is 1.52. The smallest absolute Gasteiger partial charge is 0.444 e. The Morgan fingerprint density at radius 2 is 2.08 bits per heavy atom. The predicted molar refractivity (Wildman–Crippen MR) is 41.0 cm³/mol. The molecule has 0 unspecified atom stereocenters. The van der Waals surface area contributed by atoms with Gasteiger partial charge in [-0.2, -0.15) is 5.10 Å². The summed E-state index contributed by atoms with van der Waals surface area (Å²) in [6, 6.07) is 0. The Morgan fingerprint density at radius 1 is 1.54 bits per heavy atom. The Bertz CT molecular complexity index is 285. The molecule has 0 spiro atoms. The Hall–Kier alpha value is 0.501. The van der Waals surface area contributed by atoms with Gasteiger partial charge in [-0.15, -0.1) is 0 Å². The minimum Gasteiger partial charge on any atom is -0.444 e. The third kappa shape index (κ3) is 2.98. The molecule has 1 heterocycles. The van der Waals surface area contributed by atoms with Gasteiger partial charge in [0.15, 0.2) is 0 Å². The van der Waals surface area contributed by atoms with E-state index in [-0.39, 0.29) is 63.6 Å². The largest absolute Gasteiger partial charge is 1.00 e. The van der Waals surface area contributed by atoms with Crippen molar-refractivity contribution in [3.05, 3.63) is 6.20 Å². The van der Waals surface area contributed by atoms with E-state index in [9.17, 15) is 12.9 Å². The first kappa shape index (κ1) is 13.5. The summed E-state index contributed by atoms with van der Waals surface area (Å²) >= 11 is 0. The first-order valence-corrected chi connectivity index (χ1v) is 3.48. The van der Waals surface area contributed by atoms with Gasteiger partial charge in [-0.3, -0.25) is 4.68 Å². The molecule has 1 aromatic rings. The third-order valence-corrected chi connectivity index (χ3v) is 1.52. The van der Waals surface area contributed by atoms with Gasteiger partial charge in [-0.1, -0.05) is 0 Å². The van der Waals surface area contributed by atoms with Crippen LogP contribution in [0.25, 0.3) is 0 Å². The Labute approximate surface area is 116 Å². The van der Waals surface area contributed by atoms with Gasteiger partial charge < -0.3 is 18.7 Å². The van der Waals surface area contributed by atoms with Crippen LogP contribution in [0.1, 0.15) is 6.92 Å². The molecule has 0 saturated carbocycles. The molecule has 0 aliphatic rings. The SMILES string of the molecule is CCn1ncc(N)c1[B-](F)(F)F.[K+]. The van der Waals surface area contributed by atoms with Crippen molar-refractivity contribution in [3.63, 3.8) is 0 Å². The molecule has 0 bridgehead atoms. The topological polar surface area (TPSA) is 43.8 Å². The van der Waals surface area contributed by atoms with Crippen LogP contribution in [0, 0.1) is 0 Å². The summed E-state index contributed by atoms with van der Waals surface area (Å²) in [6.45, 7) is -3.29. The zero-order chi connectivity index (χ0) is 9.35. The second-order valence-electron chi connectivity index (χ2n) is 2.38. The molecule has 1 aromatic heterocycles. The zero-order valence-electron chi connectivity index (χ0n) is 7.47. The Morgan fingerprint density at radius 3 is 2.38 bits per heavy atom. The summed E-state index contributed by atoms with van der Waals surface area (Å²) in [5.74, 6) is 0. The van der Waals surface area contributed by atoms with Crippen molar-refractivity contribution < 1.29 is 64.3 Å². The zero-order valence-corrected chi connectivity index (χ0v) is 10.6. The quantitative estimate of drug-likeness (QED) is 0.558. The van der Waals surface area contributed by atoms with Gasteiger partial charge in [0.25, 0.3) is 0 Å². The average molecular weight is 217 g/mol. The van der Waals surface area contributed by atoms with Crippen LogP contribution in [0.5, 0.6) is 0 Å². The number of rotatable bonds is 2. The number of anilines is 1. The van der Waals surface area contributed by atoms with Gasteiger partial charge >= 0.3 is 58.4 Å². The van der Waals surface area contributed by atoms with E-state index in [4.69, 9.17) is 5.73 Å². The van der Waals surface area contributed by atoms with Crippen molar-refractivity contribution in [1.82, 2.24) is 9.78 Å². The first-order valence-electron chi connectivity index (χ1n) is 3.48. The normalized spacial score (nSPS) is 11.1.